The number of hydrogen-bond donors (Lipinski definition) is 2. The number of nitrogens with one attached hydrogen (secondary N) is 1. The van der Waals surface area contributed by atoms with E-state index in [1.807, 2.05) is 19.1 Å². The van der Waals surface area contributed by atoms with E-state index < -0.39 is 5.97 Å². The van der Waals surface area contributed by atoms with Gasteiger partial charge in [0.1, 0.15) is 0 Å². The van der Waals surface area contributed by atoms with Crippen LogP contribution in [0.3, 0.4) is 0 Å². The second-order valence-corrected chi connectivity index (χ2v) is 4.24. The summed E-state index contributed by atoms with van der Waals surface area (Å²) in [5, 5.41) is 12.0. The van der Waals surface area contributed by atoms with E-state index in [-0.39, 0.29) is 18.5 Å². The second kappa shape index (κ2) is 5.66. The Balaban J connectivity index is 2.62. The predicted molar refractivity (Wildman–Crippen MR) is 64.4 cm³/mol. The van der Waals surface area contributed by atoms with E-state index in [1.54, 1.807) is 0 Å². The van der Waals surface area contributed by atoms with Gasteiger partial charge < -0.3 is 10.4 Å². The number of aryl methyl sites for hydroxylation is 1. The first-order valence-electron chi connectivity index (χ1n) is 5.54. The Hall–Kier alpha value is -1.35. The van der Waals surface area contributed by atoms with Gasteiger partial charge >= 0.3 is 5.97 Å². The van der Waals surface area contributed by atoms with Gasteiger partial charge in [0, 0.05) is 12.1 Å². The first-order valence-corrected chi connectivity index (χ1v) is 5.54. The highest BCUT2D eigenvalue weighted by molar-refractivity contribution is 5.67. The summed E-state index contributed by atoms with van der Waals surface area (Å²) in [5.41, 5.74) is 2.45. The quantitative estimate of drug-likeness (QED) is 0.803. The third kappa shape index (κ3) is 3.66. The average Bonchev–Trinajstić information content (AvgIpc) is 2.16. The Morgan fingerprint density at radius 3 is 2.56 bits per heavy atom. The minimum atomic E-state index is -0.767. The lowest BCUT2D eigenvalue weighted by Crippen LogP contribution is -2.31. The van der Waals surface area contributed by atoms with Gasteiger partial charge in [-0.25, -0.2) is 0 Å². The molecule has 0 spiro atoms. The maximum atomic E-state index is 10.6. The number of carboxylic acids is 1. The van der Waals surface area contributed by atoms with Crippen molar-refractivity contribution in [2.24, 2.45) is 0 Å². The zero-order valence-electron chi connectivity index (χ0n) is 10.0. The molecular formula is C13H19NO2. The van der Waals surface area contributed by atoms with Crippen molar-refractivity contribution >= 4 is 5.97 Å². The summed E-state index contributed by atoms with van der Waals surface area (Å²) in [6.07, 6.45) is 0.149. The highest BCUT2D eigenvalue weighted by Crippen LogP contribution is 2.17. The van der Waals surface area contributed by atoms with E-state index >= 15 is 0 Å². The third-order valence-corrected chi connectivity index (χ3v) is 2.67. The number of rotatable bonds is 5. The molecule has 2 atom stereocenters. The van der Waals surface area contributed by atoms with E-state index in [2.05, 4.69) is 31.3 Å². The molecule has 0 aliphatic rings. The molecule has 0 amide bonds. The summed E-state index contributed by atoms with van der Waals surface area (Å²) in [5.74, 6) is -0.767. The molecule has 1 unspecified atom stereocenters. The Morgan fingerprint density at radius 1 is 1.38 bits per heavy atom. The summed E-state index contributed by atoms with van der Waals surface area (Å²) >= 11 is 0. The molecule has 1 rings (SSSR count). The average molecular weight is 221 g/mol. The Bertz CT molecular complexity index is 363. The molecule has 0 aliphatic carbocycles. The SMILES string of the molecule is Cc1ccccc1[C@@H](C)NC(C)CC(=O)O. The molecule has 0 radical (unpaired) electrons. The summed E-state index contributed by atoms with van der Waals surface area (Å²) in [6.45, 7) is 6.01. The smallest absolute Gasteiger partial charge is 0.304 e. The monoisotopic (exact) mass is 221 g/mol. The minimum Gasteiger partial charge on any atom is -0.481 e. The van der Waals surface area contributed by atoms with Gasteiger partial charge in [-0.3, -0.25) is 4.79 Å². The van der Waals surface area contributed by atoms with E-state index in [4.69, 9.17) is 5.11 Å². The molecule has 0 saturated carbocycles. The maximum Gasteiger partial charge on any atom is 0.304 e. The van der Waals surface area contributed by atoms with Gasteiger partial charge in [0.05, 0.1) is 6.42 Å². The lowest BCUT2D eigenvalue weighted by atomic mass is 10.0. The van der Waals surface area contributed by atoms with Gasteiger partial charge in [-0.15, -0.1) is 0 Å². The van der Waals surface area contributed by atoms with E-state index in [1.165, 1.54) is 11.1 Å². The van der Waals surface area contributed by atoms with E-state index in [0.29, 0.717) is 0 Å². The molecule has 16 heavy (non-hydrogen) atoms. The Kier molecular flexibility index (Phi) is 4.50. The van der Waals surface area contributed by atoms with Crippen LogP contribution in [0.4, 0.5) is 0 Å². The molecule has 1 aromatic carbocycles. The molecule has 0 bridgehead atoms. The zero-order valence-corrected chi connectivity index (χ0v) is 10.0. The topological polar surface area (TPSA) is 49.3 Å². The van der Waals surface area contributed by atoms with Gasteiger partial charge in [0.2, 0.25) is 0 Å². The van der Waals surface area contributed by atoms with Crippen LogP contribution in [0.25, 0.3) is 0 Å². The molecule has 3 nitrogen and oxygen atoms in total. The standard InChI is InChI=1S/C13H19NO2/c1-9-6-4-5-7-12(9)11(3)14-10(2)8-13(15)16/h4-7,10-11,14H,8H2,1-3H3,(H,15,16)/t10?,11-/m1/s1. The second-order valence-electron chi connectivity index (χ2n) is 4.24. The summed E-state index contributed by atoms with van der Waals surface area (Å²) < 4.78 is 0. The zero-order chi connectivity index (χ0) is 12.1. The molecule has 88 valence electrons. The van der Waals surface area contributed by atoms with Crippen LogP contribution in [-0.4, -0.2) is 17.1 Å². The van der Waals surface area contributed by atoms with Crippen LogP contribution in [0.2, 0.25) is 0 Å². The molecule has 0 heterocycles. The molecule has 0 aliphatic heterocycles. The number of benzene rings is 1. The molecule has 0 aromatic heterocycles. The first-order chi connectivity index (χ1) is 7.50. The van der Waals surface area contributed by atoms with Crippen molar-refractivity contribution < 1.29 is 9.90 Å². The molecule has 0 fully saturated rings. The Labute approximate surface area is 96.5 Å². The van der Waals surface area contributed by atoms with Crippen LogP contribution in [-0.2, 0) is 4.79 Å². The van der Waals surface area contributed by atoms with Gasteiger partial charge in [0.15, 0.2) is 0 Å². The number of carbonyl (C=O) groups is 1. The fourth-order valence-corrected chi connectivity index (χ4v) is 1.91. The maximum absolute atomic E-state index is 10.6. The molecule has 3 heteroatoms. The summed E-state index contributed by atoms with van der Waals surface area (Å²) in [7, 11) is 0. The molecule has 1 aromatic rings. The fourth-order valence-electron chi connectivity index (χ4n) is 1.91. The van der Waals surface area contributed by atoms with E-state index in [0.717, 1.165) is 0 Å². The minimum absolute atomic E-state index is 0.0212. The van der Waals surface area contributed by atoms with Gasteiger partial charge in [-0.2, -0.15) is 0 Å². The van der Waals surface area contributed by atoms with Gasteiger partial charge in [-0.05, 0) is 31.9 Å². The van der Waals surface area contributed by atoms with Crippen LogP contribution in [0.5, 0.6) is 0 Å². The first kappa shape index (κ1) is 12.7. The van der Waals surface area contributed by atoms with Crippen LogP contribution in [0.15, 0.2) is 24.3 Å². The van der Waals surface area contributed by atoms with Crippen molar-refractivity contribution in [1.29, 1.82) is 0 Å². The van der Waals surface area contributed by atoms with Crippen LogP contribution in [0.1, 0.15) is 37.4 Å². The van der Waals surface area contributed by atoms with Crippen LogP contribution in [0, 0.1) is 6.92 Å². The van der Waals surface area contributed by atoms with Crippen molar-refractivity contribution in [3.63, 3.8) is 0 Å². The number of carboxylic acid groups (broad SMARTS) is 1. The summed E-state index contributed by atoms with van der Waals surface area (Å²) in [6, 6.07) is 8.30. The van der Waals surface area contributed by atoms with Crippen LogP contribution >= 0.6 is 0 Å². The van der Waals surface area contributed by atoms with Crippen molar-refractivity contribution in [3.8, 4) is 0 Å². The molecule has 2 N–H and O–H groups in total. The number of aliphatic carboxylic acids is 1. The lowest BCUT2D eigenvalue weighted by molar-refractivity contribution is -0.137. The van der Waals surface area contributed by atoms with Crippen molar-refractivity contribution in [3.05, 3.63) is 35.4 Å². The molecule has 0 saturated heterocycles. The van der Waals surface area contributed by atoms with Gasteiger partial charge in [0.25, 0.3) is 0 Å². The Morgan fingerprint density at radius 2 is 2.00 bits per heavy atom. The third-order valence-electron chi connectivity index (χ3n) is 2.67. The number of hydrogen-bond acceptors (Lipinski definition) is 2. The fraction of sp³-hybridized carbons (Fsp3) is 0.462. The highest BCUT2D eigenvalue weighted by atomic mass is 16.4. The summed E-state index contributed by atoms with van der Waals surface area (Å²) in [4.78, 5) is 10.6. The van der Waals surface area contributed by atoms with Crippen molar-refractivity contribution in [1.82, 2.24) is 5.32 Å². The largest absolute Gasteiger partial charge is 0.481 e. The van der Waals surface area contributed by atoms with Crippen molar-refractivity contribution in [2.75, 3.05) is 0 Å². The van der Waals surface area contributed by atoms with Crippen molar-refractivity contribution in [2.45, 2.75) is 39.3 Å². The van der Waals surface area contributed by atoms with Crippen LogP contribution < -0.4 is 5.32 Å². The normalized spacial score (nSPS) is 14.4. The predicted octanol–water partition coefficient (Wildman–Crippen LogP) is 2.51. The highest BCUT2D eigenvalue weighted by Gasteiger charge is 2.13. The van der Waals surface area contributed by atoms with E-state index in [9.17, 15) is 4.79 Å². The lowest BCUT2D eigenvalue weighted by Gasteiger charge is -2.20. The van der Waals surface area contributed by atoms with Gasteiger partial charge in [-0.1, -0.05) is 24.3 Å². The molecular weight excluding hydrogens is 202 g/mol.